The summed E-state index contributed by atoms with van der Waals surface area (Å²) in [7, 11) is 2.10. The minimum Gasteiger partial charge on any atom is -0.344 e. The van der Waals surface area contributed by atoms with Crippen LogP contribution in [0.15, 0.2) is 35.0 Å². The number of carbonyl (C=O) groups excluding carboxylic acids is 1. The van der Waals surface area contributed by atoms with Gasteiger partial charge in [-0.15, -0.1) is 0 Å². The van der Waals surface area contributed by atoms with Crippen LogP contribution in [-0.4, -0.2) is 30.4 Å². The molecule has 1 aromatic heterocycles. The molecule has 3 nitrogen and oxygen atoms in total. The van der Waals surface area contributed by atoms with Crippen LogP contribution in [0.5, 0.6) is 0 Å². The summed E-state index contributed by atoms with van der Waals surface area (Å²) in [5.41, 5.74) is 1.78. The highest BCUT2D eigenvalue weighted by Gasteiger charge is 2.31. The molecule has 1 aliphatic heterocycles. The number of likely N-dealkylation sites (tertiary alicyclic amines) is 1. The molecule has 2 heterocycles. The van der Waals surface area contributed by atoms with Crippen LogP contribution < -0.4 is 5.32 Å². The predicted molar refractivity (Wildman–Crippen MR) is 101 cm³/mol. The maximum Gasteiger partial charge on any atom is 0.253 e. The maximum absolute atomic E-state index is 13.0. The molecule has 0 saturated carbocycles. The van der Waals surface area contributed by atoms with Crippen LogP contribution in [0.2, 0.25) is 5.02 Å². The summed E-state index contributed by atoms with van der Waals surface area (Å²) < 4.78 is 13.0. The number of halogens is 2. The highest BCUT2D eigenvalue weighted by Crippen LogP contribution is 2.30. The number of nitrogens with one attached hydrogen (secondary N) is 1. The van der Waals surface area contributed by atoms with Gasteiger partial charge in [0.1, 0.15) is 6.67 Å². The van der Waals surface area contributed by atoms with Crippen LogP contribution in [-0.2, 0) is 6.67 Å². The van der Waals surface area contributed by atoms with Gasteiger partial charge < -0.3 is 10.2 Å². The Labute approximate surface area is 156 Å². The van der Waals surface area contributed by atoms with Crippen LogP contribution in [0.4, 0.5) is 4.39 Å². The zero-order chi connectivity index (χ0) is 17.8. The largest absolute Gasteiger partial charge is 0.344 e. The fraction of sp³-hybridized carbons (Fsp3) is 0.421. The van der Waals surface area contributed by atoms with E-state index in [9.17, 15) is 9.18 Å². The standard InChI is InChI=1S/C19H22ClFN2OS/c1-23-9-3-2-7-16(23)18(14-8-10-25-12-14)22-19(24)15-6-4-5-13(11-21)17(15)20/h4-6,8,10,12,16,18H,2-3,7,9,11H2,1H3,(H,22,24). The van der Waals surface area contributed by atoms with Gasteiger partial charge in [0.15, 0.2) is 0 Å². The molecule has 2 atom stereocenters. The summed E-state index contributed by atoms with van der Waals surface area (Å²) in [5.74, 6) is -0.254. The van der Waals surface area contributed by atoms with Crippen molar-refractivity contribution in [2.24, 2.45) is 0 Å². The van der Waals surface area contributed by atoms with Crippen molar-refractivity contribution in [2.45, 2.75) is 38.0 Å². The Hall–Kier alpha value is -1.43. The molecule has 2 unspecified atom stereocenters. The minimum absolute atomic E-state index is 0.103. The summed E-state index contributed by atoms with van der Waals surface area (Å²) in [5, 5.41) is 7.44. The molecule has 0 bridgehead atoms. The molecule has 1 aromatic carbocycles. The fourth-order valence-corrected chi connectivity index (χ4v) is 4.41. The Kier molecular flexibility index (Phi) is 6.10. The van der Waals surface area contributed by atoms with Crippen molar-refractivity contribution in [1.82, 2.24) is 10.2 Å². The zero-order valence-electron chi connectivity index (χ0n) is 14.2. The van der Waals surface area contributed by atoms with Gasteiger partial charge in [-0.3, -0.25) is 4.79 Å². The van der Waals surface area contributed by atoms with E-state index in [2.05, 4.69) is 28.7 Å². The van der Waals surface area contributed by atoms with E-state index < -0.39 is 6.67 Å². The Balaban J connectivity index is 1.86. The van der Waals surface area contributed by atoms with Crippen molar-refractivity contribution in [2.75, 3.05) is 13.6 Å². The third-order valence-electron chi connectivity index (χ3n) is 4.87. The molecule has 1 aliphatic rings. The van der Waals surface area contributed by atoms with E-state index in [0.717, 1.165) is 24.9 Å². The SMILES string of the molecule is CN1CCCCC1C(NC(=O)c1cccc(CF)c1Cl)c1ccsc1. The van der Waals surface area contributed by atoms with E-state index >= 15 is 0 Å². The lowest BCUT2D eigenvalue weighted by Gasteiger charge is -2.38. The molecule has 1 amide bonds. The van der Waals surface area contributed by atoms with Crippen LogP contribution in [0.3, 0.4) is 0 Å². The third kappa shape index (κ3) is 4.05. The molecule has 6 heteroatoms. The summed E-state index contributed by atoms with van der Waals surface area (Å²) in [4.78, 5) is 15.2. The smallest absolute Gasteiger partial charge is 0.253 e. The van der Waals surface area contributed by atoms with E-state index in [1.54, 1.807) is 29.5 Å². The van der Waals surface area contributed by atoms with E-state index in [0.29, 0.717) is 11.1 Å². The van der Waals surface area contributed by atoms with Crippen molar-refractivity contribution in [3.05, 3.63) is 56.7 Å². The zero-order valence-corrected chi connectivity index (χ0v) is 15.7. The number of thiophene rings is 1. The molecule has 1 fully saturated rings. The van der Waals surface area contributed by atoms with E-state index in [1.807, 2.05) is 5.38 Å². The number of hydrogen-bond acceptors (Lipinski definition) is 3. The number of nitrogens with zero attached hydrogens (tertiary/aromatic N) is 1. The summed E-state index contributed by atoms with van der Waals surface area (Å²) >= 11 is 7.84. The second-order valence-corrected chi connectivity index (χ2v) is 7.62. The lowest BCUT2D eigenvalue weighted by Crippen LogP contribution is -2.47. The van der Waals surface area contributed by atoms with Gasteiger partial charge in [0.05, 0.1) is 16.6 Å². The first-order valence-corrected chi connectivity index (χ1v) is 9.80. The minimum atomic E-state index is -0.681. The molecule has 1 saturated heterocycles. The summed E-state index contributed by atoms with van der Waals surface area (Å²) in [6.07, 6.45) is 3.38. The summed E-state index contributed by atoms with van der Waals surface area (Å²) in [6, 6.07) is 7.11. The van der Waals surface area contributed by atoms with E-state index in [1.165, 1.54) is 6.42 Å². The van der Waals surface area contributed by atoms with Gasteiger partial charge in [-0.05, 0) is 54.9 Å². The molecule has 25 heavy (non-hydrogen) atoms. The normalized spacial score (nSPS) is 19.6. The predicted octanol–water partition coefficient (Wildman–Crippen LogP) is 4.83. The number of alkyl halides is 1. The average molecular weight is 381 g/mol. The molecular weight excluding hydrogens is 359 g/mol. The van der Waals surface area contributed by atoms with Crippen molar-refractivity contribution in [3.8, 4) is 0 Å². The number of hydrogen-bond donors (Lipinski definition) is 1. The second kappa shape index (κ2) is 8.30. The van der Waals surface area contributed by atoms with Crippen LogP contribution >= 0.6 is 22.9 Å². The monoisotopic (exact) mass is 380 g/mol. The van der Waals surface area contributed by atoms with Crippen molar-refractivity contribution < 1.29 is 9.18 Å². The first-order valence-electron chi connectivity index (χ1n) is 8.48. The number of likely N-dealkylation sites (N-methyl/N-ethyl adjacent to an activating group) is 1. The Morgan fingerprint density at radius 2 is 2.28 bits per heavy atom. The van der Waals surface area contributed by atoms with Crippen molar-refractivity contribution in [3.63, 3.8) is 0 Å². The quantitative estimate of drug-likeness (QED) is 0.806. The molecule has 3 rings (SSSR count). The molecule has 0 radical (unpaired) electrons. The van der Waals surface area contributed by atoms with Gasteiger partial charge in [-0.2, -0.15) is 11.3 Å². The lowest BCUT2D eigenvalue weighted by atomic mass is 9.92. The van der Waals surface area contributed by atoms with Gasteiger partial charge in [0.25, 0.3) is 5.91 Å². The molecule has 0 aliphatic carbocycles. The van der Waals surface area contributed by atoms with Crippen molar-refractivity contribution >= 4 is 28.8 Å². The molecule has 0 spiro atoms. The van der Waals surface area contributed by atoms with Crippen molar-refractivity contribution in [1.29, 1.82) is 0 Å². The Morgan fingerprint density at radius 3 is 2.96 bits per heavy atom. The van der Waals surface area contributed by atoms with Gasteiger partial charge in [-0.25, -0.2) is 4.39 Å². The number of carbonyl (C=O) groups is 1. The Bertz CT molecular complexity index is 722. The van der Waals surface area contributed by atoms with E-state index in [4.69, 9.17) is 11.6 Å². The van der Waals surface area contributed by atoms with Gasteiger partial charge >= 0.3 is 0 Å². The van der Waals surface area contributed by atoms with Crippen LogP contribution in [0.1, 0.15) is 46.8 Å². The maximum atomic E-state index is 13.0. The average Bonchev–Trinajstić information content (AvgIpc) is 3.15. The molecular formula is C19H22ClFN2OS. The summed E-state index contributed by atoms with van der Waals surface area (Å²) in [6.45, 7) is 0.346. The van der Waals surface area contributed by atoms with E-state index in [-0.39, 0.29) is 23.0 Å². The first kappa shape index (κ1) is 18.4. The number of piperidine rings is 1. The highest BCUT2D eigenvalue weighted by atomic mass is 35.5. The topological polar surface area (TPSA) is 32.3 Å². The lowest BCUT2D eigenvalue weighted by molar-refractivity contribution is 0.0871. The first-order chi connectivity index (χ1) is 12.1. The van der Waals surface area contributed by atoms with Gasteiger partial charge in [0, 0.05) is 11.6 Å². The van der Waals surface area contributed by atoms with Gasteiger partial charge in [-0.1, -0.05) is 30.2 Å². The molecule has 134 valence electrons. The van der Waals surface area contributed by atoms with Crippen LogP contribution in [0.25, 0.3) is 0 Å². The number of rotatable bonds is 5. The highest BCUT2D eigenvalue weighted by molar-refractivity contribution is 7.08. The third-order valence-corrected chi connectivity index (χ3v) is 6.02. The van der Waals surface area contributed by atoms with Gasteiger partial charge in [0.2, 0.25) is 0 Å². The fourth-order valence-electron chi connectivity index (χ4n) is 3.45. The molecule has 2 aromatic rings. The number of amides is 1. The van der Waals surface area contributed by atoms with Crippen LogP contribution in [0, 0.1) is 0 Å². The number of benzene rings is 1. The Morgan fingerprint density at radius 1 is 1.44 bits per heavy atom. The second-order valence-electron chi connectivity index (χ2n) is 6.46. The molecule has 1 N–H and O–H groups in total.